The van der Waals surface area contributed by atoms with Crippen molar-refractivity contribution in [3.63, 3.8) is 0 Å². The van der Waals surface area contributed by atoms with E-state index in [0.717, 1.165) is 23.1 Å². The van der Waals surface area contributed by atoms with E-state index in [0.29, 0.717) is 0 Å². The largest absolute Gasteiger partial charge is 0.397 e. The quantitative estimate of drug-likeness (QED) is 0.691. The number of nitrogens with two attached hydrogens (primary N) is 1. The van der Waals surface area contributed by atoms with Crippen LogP contribution >= 0.6 is 0 Å². The normalized spacial score (nSPS) is 10.8. The van der Waals surface area contributed by atoms with E-state index in [1.54, 1.807) is 12.4 Å². The highest BCUT2D eigenvalue weighted by Gasteiger charge is 2.02. The number of hydrogen-bond donors (Lipinski definition) is 1. The van der Waals surface area contributed by atoms with Crippen molar-refractivity contribution in [1.29, 1.82) is 0 Å². The first-order valence-electron chi connectivity index (χ1n) is 4.01. The molecule has 3 nitrogen and oxygen atoms in total. The third kappa shape index (κ3) is 0.863. The van der Waals surface area contributed by atoms with E-state index in [9.17, 15) is 0 Å². The summed E-state index contributed by atoms with van der Waals surface area (Å²) in [4.78, 5) is 4.03. The van der Waals surface area contributed by atoms with E-state index in [4.69, 9.17) is 5.73 Å². The second-order valence-corrected chi connectivity index (χ2v) is 2.76. The van der Waals surface area contributed by atoms with Gasteiger partial charge in [-0.1, -0.05) is 0 Å². The van der Waals surface area contributed by atoms with Crippen LogP contribution in [0, 0.1) is 0 Å². The van der Waals surface area contributed by atoms with Crippen LogP contribution in [0.5, 0.6) is 0 Å². The van der Waals surface area contributed by atoms with Crippen LogP contribution in [0.4, 0.5) is 5.69 Å². The van der Waals surface area contributed by atoms with Crippen molar-refractivity contribution in [3.8, 4) is 0 Å². The van der Waals surface area contributed by atoms with Gasteiger partial charge in [0.2, 0.25) is 0 Å². The van der Waals surface area contributed by atoms with Crippen LogP contribution in [-0.4, -0.2) is 9.55 Å². The summed E-state index contributed by atoms with van der Waals surface area (Å²) in [5, 5.41) is 1.04. The Morgan fingerprint density at radius 1 is 1.58 bits per heavy atom. The molecule has 2 aromatic heterocycles. The number of nitrogens with zero attached hydrogens (tertiary/aromatic N) is 2. The topological polar surface area (TPSA) is 43.8 Å². The molecular weight excluding hydrogens is 150 g/mol. The van der Waals surface area contributed by atoms with Crippen molar-refractivity contribution in [2.45, 2.75) is 13.5 Å². The maximum absolute atomic E-state index is 5.79. The average Bonchev–Trinajstić information content (AvgIpc) is 2.44. The summed E-state index contributed by atoms with van der Waals surface area (Å²) in [6.07, 6.45) is 5.54. The van der Waals surface area contributed by atoms with E-state index < -0.39 is 0 Å². The molecule has 0 amide bonds. The first-order chi connectivity index (χ1) is 5.83. The molecule has 3 heteroatoms. The molecule has 12 heavy (non-hydrogen) atoms. The van der Waals surface area contributed by atoms with Gasteiger partial charge in [-0.2, -0.15) is 0 Å². The first-order valence-corrected chi connectivity index (χ1v) is 4.01. The molecule has 0 aromatic carbocycles. The Kier molecular flexibility index (Phi) is 1.50. The molecular formula is C9H11N3. The van der Waals surface area contributed by atoms with Crippen molar-refractivity contribution >= 4 is 16.6 Å². The fraction of sp³-hybridized carbons (Fsp3) is 0.222. The van der Waals surface area contributed by atoms with Gasteiger partial charge in [0.15, 0.2) is 0 Å². The molecule has 0 saturated carbocycles. The molecule has 0 unspecified atom stereocenters. The predicted octanol–water partition coefficient (Wildman–Crippen LogP) is 1.64. The number of rotatable bonds is 1. The summed E-state index contributed by atoms with van der Waals surface area (Å²) in [5.41, 5.74) is 7.75. The molecule has 2 heterocycles. The number of aromatic nitrogens is 2. The molecule has 62 valence electrons. The van der Waals surface area contributed by atoms with E-state index in [1.807, 2.05) is 12.3 Å². The van der Waals surface area contributed by atoms with Crippen LogP contribution in [0.1, 0.15) is 6.92 Å². The van der Waals surface area contributed by atoms with Crippen LogP contribution in [0.3, 0.4) is 0 Å². The Morgan fingerprint density at radius 3 is 3.17 bits per heavy atom. The van der Waals surface area contributed by atoms with Crippen LogP contribution in [0.2, 0.25) is 0 Å². The lowest BCUT2D eigenvalue weighted by atomic mass is 10.3. The van der Waals surface area contributed by atoms with Gasteiger partial charge in [0.25, 0.3) is 0 Å². The highest BCUT2D eigenvalue weighted by atomic mass is 15.0. The Hall–Kier alpha value is -1.51. The summed E-state index contributed by atoms with van der Waals surface area (Å²) in [5.74, 6) is 0. The van der Waals surface area contributed by atoms with Gasteiger partial charge in [-0.3, -0.25) is 4.98 Å². The molecule has 0 saturated heterocycles. The van der Waals surface area contributed by atoms with Crippen molar-refractivity contribution in [3.05, 3.63) is 24.7 Å². The summed E-state index contributed by atoms with van der Waals surface area (Å²) in [6.45, 7) is 3.04. The van der Waals surface area contributed by atoms with Crippen LogP contribution < -0.4 is 5.73 Å². The standard InChI is InChI=1S/C9H11N3/c1-2-12-6-8(10)7-5-11-4-3-9(7)12/h3-6H,2,10H2,1H3. The monoisotopic (exact) mass is 161 g/mol. The summed E-state index contributed by atoms with van der Waals surface area (Å²) in [7, 11) is 0. The number of hydrogen-bond acceptors (Lipinski definition) is 2. The minimum Gasteiger partial charge on any atom is -0.397 e. The van der Waals surface area contributed by atoms with Crippen LogP contribution in [0.15, 0.2) is 24.7 Å². The SMILES string of the molecule is CCn1cc(N)c2cnccc21. The lowest BCUT2D eigenvalue weighted by Crippen LogP contribution is -1.90. The maximum Gasteiger partial charge on any atom is 0.0589 e. The predicted molar refractivity (Wildman–Crippen MR) is 49.8 cm³/mol. The Bertz CT molecular complexity index is 403. The molecule has 2 rings (SSSR count). The third-order valence-electron chi connectivity index (χ3n) is 2.05. The van der Waals surface area contributed by atoms with Gasteiger partial charge < -0.3 is 10.3 Å². The molecule has 0 aliphatic carbocycles. The molecule has 0 spiro atoms. The van der Waals surface area contributed by atoms with Gasteiger partial charge in [-0.25, -0.2) is 0 Å². The minimum atomic E-state index is 0.806. The summed E-state index contributed by atoms with van der Waals surface area (Å²) in [6, 6.07) is 1.98. The third-order valence-corrected chi connectivity index (χ3v) is 2.05. The van der Waals surface area contributed by atoms with Gasteiger partial charge in [0, 0.05) is 30.5 Å². The van der Waals surface area contributed by atoms with Gasteiger partial charge >= 0.3 is 0 Å². The van der Waals surface area contributed by atoms with E-state index in [-0.39, 0.29) is 0 Å². The van der Waals surface area contributed by atoms with Crippen molar-refractivity contribution in [2.75, 3.05) is 5.73 Å². The lowest BCUT2D eigenvalue weighted by Gasteiger charge is -1.97. The van der Waals surface area contributed by atoms with Crippen molar-refractivity contribution in [1.82, 2.24) is 9.55 Å². The molecule has 0 atom stereocenters. The zero-order valence-electron chi connectivity index (χ0n) is 6.99. The van der Waals surface area contributed by atoms with E-state index >= 15 is 0 Å². The Labute approximate surface area is 70.8 Å². The molecule has 0 aliphatic heterocycles. The first kappa shape index (κ1) is 7.16. The second kappa shape index (κ2) is 2.52. The van der Waals surface area contributed by atoms with Crippen LogP contribution in [0.25, 0.3) is 10.9 Å². The van der Waals surface area contributed by atoms with E-state index in [1.165, 1.54) is 0 Å². The molecule has 0 radical (unpaired) electrons. The lowest BCUT2D eigenvalue weighted by molar-refractivity contribution is 0.798. The van der Waals surface area contributed by atoms with Gasteiger partial charge in [0.05, 0.1) is 11.2 Å². The average molecular weight is 161 g/mol. The Balaban J connectivity index is 2.82. The number of pyridine rings is 1. The minimum absolute atomic E-state index is 0.806. The molecule has 2 N–H and O–H groups in total. The van der Waals surface area contributed by atoms with Crippen molar-refractivity contribution < 1.29 is 0 Å². The fourth-order valence-electron chi connectivity index (χ4n) is 1.43. The fourth-order valence-corrected chi connectivity index (χ4v) is 1.43. The van der Waals surface area contributed by atoms with Gasteiger partial charge in [-0.05, 0) is 13.0 Å². The second-order valence-electron chi connectivity index (χ2n) is 2.76. The molecule has 2 aromatic rings. The Morgan fingerprint density at radius 2 is 2.42 bits per heavy atom. The smallest absolute Gasteiger partial charge is 0.0589 e. The molecule has 0 bridgehead atoms. The zero-order valence-corrected chi connectivity index (χ0v) is 6.99. The number of fused-ring (bicyclic) bond motifs is 1. The highest BCUT2D eigenvalue weighted by Crippen LogP contribution is 2.21. The maximum atomic E-state index is 5.79. The summed E-state index contributed by atoms with van der Waals surface area (Å²) < 4.78 is 2.12. The number of aryl methyl sites for hydroxylation is 1. The number of anilines is 1. The number of nitrogen functional groups attached to an aromatic ring is 1. The zero-order chi connectivity index (χ0) is 8.55. The molecule has 0 aliphatic rings. The summed E-state index contributed by atoms with van der Waals surface area (Å²) >= 11 is 0. The molecule has 0 fully saturated rings. The van der Waals surface area contributed by atoms with Gasteiger partial charge in [-0.15, -0.1) is 0 Å². The van der Waals surface area contributed by atoms with E-state index in [2.05, 4.69) is 16.5 Å². The van der Waals surface area contributed by atoms with Crippen LogP contribution in [-0.2, 0) is 6.54 Å². The van der Waals surface area contributed by atoms with Crippen molar-refractivity contribution in [2.24, 2.45) is 0 Å². The van der Waals surface area contributed by atoms with Gasteiger partial charge in [0.1, 0.15) is 0 Å². The highest BCUT2D eigenvalue weighted by molar-refractivity contribution is 5.90.